The first-order valence-electron chi connectivity index (χ1n) is 3.57. The van der Waals surface area contributed by atoms with Crippen LogP contribution in [-0.4, -0.2) is 0 Å². The van der Waals surface area contributed by atoms with E-state index in [1.165, 1.54) is 0 Å². The fraction of sp³-hybridized carbons (Fsp3) is 0.400. The highest BCUT2D eigenvalue weighted by atomic mass is 35.5. The van der Waals surface area contributed by atoms with Gasteiger partial charge in [0.05, 0.1) is 10.0 Å². The fourth-order valence-electron chi connectivity index (χ4n) is 0.966. The average Bonchev–Trinajstić information content (AvgIpc) is 1.94. The van der Waals surface area contributed by atoms with E-state index in [2.05, 4.69) is 13.8 Å². The largest absolute Gasteiger partial charge is 0.0827 e. The van der Waals surface area contributed by atoms with E-state index in [0.717, 1.165) is 5.56 Å². The van der Waals surface area contributed by atoms with Crippen molar-refractivity contribution in [2.24, 2.45) is 0 Å². The molecule has 0 fully saturated rings. The second kappa shape index (κ2) is 4.74. The van der Waals surface area contributed by atoms with E-state index in [4.69, 9.17) is 23.2 Å². The van der Waals surface area contributed by atoms with Crippen molar-refractivity contribution in [2.45, 2.75) is 27.2 Å². The summed E-state index contributed by atoms with van der Waals surface area (Å²) in [5.41, 5.74) is 1.11. The van der Waals surface area contributed by atoms with Gasteiger partial charge in [-0.05, 0) is 17.5 Å². The summed E-state index contributed by atoms with van der Waals surface area (Å²) < 4.78 is 0. The maximum atomic E-state index is 5.96. The Balaban J connectivity index is 0.00000121. The third kappa shape index (κ3) is 2.40. The van der Waals surface area contributed by atoms with E-state index in [-0.39, 0.29) is 7.43 Å². The summed E-state index contributed by atoms with van der Waals surface area (Å²) in [4.78, 5) is 0. The van der Waals surface area contributed by atoms with E-state index in [1.54, 1.807) is 6.07 Å². The van der Waals surface area contributed by atoms with Crippen molar-refractivity contribution in [3.05, 3.63) is 33.8 Å². The Morgan fingerprint density at radius 3 is 2.17 bits per heavy atom. The number of hydrogen-bond donors (Lipinski definition) is 0. The summed E-state index contributed by atoms with van der Waals surface area (Å²) in [6.07, 6.45) is 0. The average molecular weight is 205 g/mol. The Kier molecular flexibility index (Phi) is 4.66. The Morgan fingerprint density at radius 1 is 1.17 bits per heavy atom. The van der Waals surface area contributed by atoms with Gasteiger partial charge in [0.25, 0.3) is 0 Å². The van der Waals surface area contributed by atoms with Gasteiger partial charge < -0.3 is 0 Å². The van der Waals surface area contributed by atoms with Crippen molar-refractivity contribution in [1.82, 2.24) is 0 Å². The molecule has 0 N–H and O–H groups in total. The Bertz CT molecular complexity index is 254. The van der Waals surface area contributed by atoms with Gasteiger partial charge in [-0.1, -0.05) is 56.6 Å². The van der Waals surface area contributed by atoms with Crippen molar-refractivity contribution in [3.63, 3.8) is 0 Å². The number of halogens is 2. The molecule has 0 spiro atoms. The first-order valence-corrected chi connectivity index (χ1v) is 4.32. The molecule has 0 amide bonds. The van der Waals surface area contributed by atoms with Crippen molar-refractivity contribution in [2.75, 3.05) is 0 Å². The van der Waals surface area contributed by atoms with Crippen LogP contribution < -0.4 is 0 Å². The van der Waals surface area contributed by atoms with Crippen LogP contribution in [0, 0.1) is 0 Å². The zero-order valence-corrected chi connectivity index (χ0v) is 8.08. The first kappa shape index (κ1) is 11.8. The van der Waals surface area contributed by atoms with Crippen LogP contribution in [0.2, 0.25) is 10.0 Å². The van der Waals surface area contributed by atoms with E-state index >= 15 is 0 Å². The molecule has 1 rings (SSSR count). The van der Waals surface area contributed by atoms with Gasteiger partial charge in [-0.3, -0.25) is 0 Å². The molecule has 0 bridgehead atoms. The quantitative estimate of drug-likeness (QED) is 0.620. The van der Waals surface area contributed by atoms with Gasteiger partial charge in [0.15, 0.2) is 0 Å². The molecule has 0 atom stereocenters. The Hall–Kier alpha value is -0.200. The molecule has 0 unspecified atom stereocenters. The lowest BCUT2D eigenvalue weighted by molar-refractivity contribution is 0.867. The lowest BCUT2D eigenvalue weighted by atomic mass is 10.0. The minimum absolute atomic E-state index is 0. The predicted octanol–water partition coefficient (Wildman–Crippen LogP) is 4.75. The molecule has 0 radical (unpaired) electrons. The summed E-state index contributed by atoms with van der Waals surface area (Å²) in [6.45, 7) is 4.19. The normalized spacial score (nSPS) is 9.75. The van der Waals surface area contributed by atoms with Crippen LogP contribution in [0.3, 0.4) is 0 Å². The smallest absolute Gasteiger partial charge is 0.0626 e. The van der Waals surface area contributed by atoms with Crippen LogP contribution in [0.5, 0.6) is 0 Å². The summed E-state index contributed by atoms with van der Waals surface area (Å²) in [6, 6.07) is 5.72. The molecular weight excluding hydrogens is 191 g/mol. The molecule has 1 aromatic rings. The van der Waals surface area contributed by atoms with E-state index < -0.39 is 0 Å². The highest BCUT2D eigenvalue weighted by Gasteiger charge is 2.06. The third-order valence-corrected chi connectivity index (χ3v) is 2.44. The van der Waals surface area contributed by atoms with E-state index in [9.17, 15) is 0 Å². The lowest BCUT2D eigenvalue weighted by Gasteiger charge is -2.07. The molecule has 1 aromatic carbocycles. The summed E-state index contributed by atoms with van der Waals surface area (Å²) in [5.74, 6) is 0.432. The fourth-order valence-corrected chi connectivity index (χ4v) is 1.49. The minimum Gasteiger partial charge on any atom is -0.0827 e. The molecule has 0 nitrogen and oxygen atoms in total. The first-order chi connectivity index (χ1) is 5.13. The second-order valence-corrected chi connectivity index (χ2v) is 3.58. The van der Waals surface area contributed by atoms with Gasteiger partial charge in [-0.15, -0.1) is 0 Å². The van der Waals surface area contributed by atoms with Crippen LogP contribution in [-0.2, 0) is 0 Å². The van der Waals surface area contributed by atoms with Crippen molar-refractivity contribution < 1.29 is 0 Å². The molecule has 0 saturated heterocycles. The zero-order valence-electron chi connectivity index (χ0n) is 6.57. The van der Waals surface area contributed by atoms with Gasteiger partial charge in [-0.25, -0.2) is 0 Å². The van der Waals surface area contributed by atoms with Gasteiger partial charge in [0.1, 0.15) is 0 Å². The molecule has 2 heteroatoms. The molecule has 12 heavy (non-hydrogen) atoms. The van der Waals surface area contributed by atoms with Crippen molar-refractivity contribution in [3.8, 4) is 0 Å². The molecule has 0 heterocycles. The van der Waals surface area contributed by atoms with Crippen LogP contribution >= 0.6 is 23.2 Å². The van der Waals surface area contributed by atoms with Gasteiger partial charge in [0.2, 0.25) is 0 Å². The molecule has 0 saturated carbocycles. The van der Waals surface area contributed by atoms with Crippen LogP contribution in [0.15, 0.2) is 18.2 Å². The number of benzene rings is 1. The highest BCUT2D eigenvalue weighted by molar-refractivity contribution is 6.42. The maximum absolute atomic E-state index is 5.96. The monoisotopic (exact) mass is 204 g/mol. The van der Waals surface area contributed by atoms with E-state index in [1.807, 2.05) is 12.1 Å². The minimum atomic E-state index is 0. The zero-order chi connectivity index (χ0) is 8.43. The van der Waals surface area contributed by atoms with Gasteiger partial charge in [-0.2, -0.15) is 0 Å². The van der Waals surface area contributed by atoms with Crippen molar-refractivity contribution in [1.29, 1.82) is 0 Å². The maximum Gasteiger partial charge on any atom is 0.0626 e. The third-order valence-electron chi connectivity index (χ3n) is 1.60. The number of rotatable bonds is 1. The summed E-state index contributed by atoms with van der Waals surface area (Å²) >= 11 is 11.8. The number of hydrogen-bond acceptors (Lipinski definition) is 0. The van der Waals surface area contributed by atoms with Crippen molar-refractivity contribution >= 4 is 23.2 Å². The molecule has 0 aromatic heterocycles. The lowest BCUT2D eigenvalue weighted by Crippen LogP contribution is -1.88. The molecule has 0 aliphatic heterocycles. The van der Waals surface area contributed by atoms with Crippen LogP contribution in [0.1, 0.15) is 32.8 Å². The Morgan fingerprint density at radius 2 is 1.75 bits per heavy atom. The molecule has 68 valence electrons. The molecule has 0 aliphatic carbocycles. The van der Waals surface area contributed by atoms with Crippen LogP contribution in [0.25, 0.3) is 0 Å². The predicted molar refractivity (Wildman–Crippen MR) is 57.3 cm³/mol. The Labute approximate surface area is 84.5 Å². The van der Waals surface area contributed by atoms with Gasteiger partial charge in [0, 0.05) is 0 Å². The standard InChI is InChI=1S/C9H10Cl2.CH4/c1-6(2)7-4-3-5-8(10)9(7)11;/h3-6H,1-2H3;1H4. The molecule has 0 aliphatic rings. The second-order valence-electron chi connectivity index (χ2n) is 2.80. The SMILES string of the molecule is C.CC(C)c1cccc(Cl)c1Cl. The molecular formula is C10H14Cl2. The van der Waals surface area contributed by atoms with Crippen LogP contribution in [0.4, 0.5) is 0 Å². The summed E-state index contributed by atoms with van der Waals surface area (Å²) in [5, 5.41) is 1.32. The van der Waals surface area contributed by atoms with Gasteiger partial charge >= 0.3 is 0 Å². The van der Waals surface area contributed by atoms with E-state index in [0.29, 0.717) is 16.0 Å². The summed E-state index contributed by atoms with van der Waals surface area (Å²) in [7, 11) is 0. The topological polar surface area (TPSA) is 0 Å². The highest BCUT2D eigenvalue weighted by Crippen LogP contribution is 2.30.